The first-order valence-electron chi connectivity index (χ1n) is 7.01. The summed E-state index contributed by atoms with van der Waals surface area (Å²) in [7, 11) is 3.42. The molecule has 4 nitrogen and oxygen atoms in total. The van der Waals surface area contributed by atoms with Crippen LogP contribution < -0.4 is 5.73 Å². The molecule has 2 rings (SSSR count). The summed E-state index contributed by atoms with van der Waals surface area (Å²) in [6.45, 7) is 1.56. The highest BCUT2D eigenvalue weighted by Crippen LogP contribution is 2.36. The molecule has 132 valence electrons. The molecule has 1 aromatic heterocycles. The van der Waals surface area contributed by atoms with Crippen molar-refractivity contribution in [3.8, 4) is 11.3 Å². The Morgan fingerprint density at radius 1 is 1.29 bits per heavy atom. The summed E-state index contributed by atoms with van der Waals surface area (Å²) in [5.74, 6) is -0.968. The molecule has 0 aliphatic rings. The van der Waals surface area contributed by atoms with E-state index in [-0.39, 0.29) is 16.4 Å². The number of alkyl halides is 3. The number of likely N-dealkylation sites (N-methyl/N-ethyl adjacent to an activating group) is 1. The number of methoxy groups -OCH3 is 1. The summed E-state index contributed by atoms with van der Waals surface area (Å²) < 4.78 is 57.3. The number of hydrogen-bond acceptors (Lipinski definition) is 5. The zero-order valence-electron chi connectivity index (χ0n) is 13.2. The second-order valence-corrected chi connectivity index (χ2v) is 6.40. The van der Waals surface area contributed by atoms with Crippen LogP contribution in [-0.4, -0.2) is 37.2 Å². The van der Waals surface area contributed by atoms with Gasteiger partial charge >= 0.3 is 6.18 Å². The van der Waals surface area contributed by atoms with E-state index in [0.717, 1.165) is 12.1 Å². The number of benzene rings is 1. The van der Waals surface area contributed by atoms with E-state index in [1.165, 1.54) is 11.3 Å². The van der Waals surface area contributed by atoms with Crippen molar-refractivity contribution in [3.05, 3.63) is 34.5 Å². The summed E-state index contributed by atoms with van der Waals surface area (Å²) in [6, 6.07) is 2.38. The van der Waals surface area contributed by atoms with E-state index in [4.69, 9.17) is 10.5 Å². The number of aromatic nitrogens is 1. The third kappa shape index (κ3) is 4.65. The number of nitrogens with zero attached hydrogens (tertiary/aromatic N) is 2. The first-order valence-corrected chi connectivity index (χ1v) is 7.83. The molecule has 9 heteroatoms. The van der Waals surface area contributed by atoms with Crippen LogP contribution in [0, 0.1) is 5.82 Å². The van der Waals surface area contributed by atoms with Gasteiger partial charge < -0.3 is 10.5 Å². The standard InChI is InChI=1S/C15H17F4N3OS/c1-22(3-4-23-2)8-12-13(21-14(20)24-12)9-5-10(15(17,18)19)7-11(16)6-9/h5-7H,3-4,8H2,1-2H3,(H2,20,21). The second kappa shape index (κ2) is 7.45. The topological polar surface area (TPSA) is 51.4 Å². The van der Waals surface area contributed by atoms with Gasteiger partial charge in [0, 0.05) is 30.6 Å². The molecule has 0 aliphatic heterocycles. The van der Waals surface area contributed by atoms with Crippen LogP contribution in [0.4, 0.5) is 22.7 Å². The van der Waals surface area contributed by atoms with Gasteiger partial charge in [0.2, 0.25) is 0 Å². The number of hydrogen-bond donors (Lipinski definition) is 1. The average molecular weight is 363 g/mol. The van der Waals surface area contributed by atoms with Crippen LogP contribution in [0.3, 0.4) is 0 Å². The van der Waals surface area contributed by atoms with Crippen molar-refractivity contribution in [3.63, 3.8) is 0 Å². The molecule has 0 radical (unpaired) electrons. The molecule has 0 saturated carbocycles. The minimum absolute atomic E-state index is 0.0606. The van der Waals surface area contributed by atoms with Crippen molar-refractivity contribution >= 4 is 16.5 Å². The van der Waals surface area contributed by atoms with Crippen LogP contribution in [0.2, 0.25) is 0 Å². The summed E-state index contributed by atoms with van der Waals surface area (Å²) in [4.78, 5) is 6.67. The van der Waals surface area contributed by atoms with Gasteiger partial charge in [-0.25, -0.2) is 9.37 Å². The molecular weight excluding hydrogens is 346 g/mol. The minimum Gasteiger partial charge on any atom is -0.383 e. The molecule has 1 aromatic carbocycles. The zero-order valence-corrected chi connectivity index (χ0v) is 14.0. The van der Waals surface area contributed by atoms with Gasteiger partial charge in [0.25, 0.3) is 0 Å². The molecule has 1 heterocycles. The molecule has 2 N–H and O–H groups in total. The number of nitrogen functional groups attached to an aromatic ring is 1. The first-order chi connectivity index (χ1) is 11.2. The highest BCUT2D eigenvalue weighted by atomic mass is 32.1. The minimum atomic E-state index is -4.63. The van der Waals surface area contributed by atoms with Crippen LogP contribution in [0.1, 0.15) is 10.4 Å². The van der Waals surface area contributed by atoms with Gasteiger partial charge in [-0.2, -0.15) is 13.2 Å². The van der Waals surface area contributed by atoms with Crippen LogP contribution >= 0.6 is 11.3 Å². The number of nitrogens with two attached hydrogens (primary N) is 1. The van der Waals surface area contributed by atoms with Gasteiger partial charge in [-0.3, -0.25) is 4.90 Å². The maximum atomic E-state index is 13.6. The van der Waals surface area contributed by atoms with Gasteiger partial charge in [-0.1, -0.05) is 0 Å². The van der Waals surface area contributed by atoms with Crippen LogP contribution in [0.25, 0.3) is 11.3 Å². The Morgan fingerprint density at radius 2 is 2.00 bits per heavy atom. The molecule has 0 fully saturated rings. The van der Waals surface area contributed by atoms with Crippen LogP contribution in [0.15, 0.2) is 18.2 Å². The molecule has 0 aliphatic carbocycles. The van der Waals surface area contributed by atoms with Crippen LogP contribution in [-0.2, 0) is 17.5 Å². The lowest BCUT2D eigenvalue weighted by Crippen LogP contribution is -2.22. The third-order valence-electron chi connectivity index (χ3n) is 3.30. The fourth-order valence-corrected chi connectivity index (χ4v) is 3.10. The molecule has 0 saturated heterocycles. The Labute approximate surface area is 140 Å². The predicted octanol–water partition coefficient (Wildman–Crippen LogP) is 3.63. The number of rotatable bonds is 6. The predicted molar refractivity (Wildman–Crippen MR) is 85.1 cm³/mol. The van der Waals surface area contributed by atoms with Crippen molar-refractivity contribution < 1.29 is 22.3 Å². The average Bonchev–Trinajstić information content (AvgIpc) is 2.84. The van der Waals surface area contributed by atoms with Gasteiger partial charge in [0.05, 0.1) is 17.9 Å². The Kier molecular flexibility index (Phi) is 5.79. The van der Waals surface area contributed by atoms with Gasteiger partial charge in [0.1, 0.15) is 5.82 Å². The largest absolute Gasteiger partial charge is 0.416 e. The van der Waals surface area contributed by atoms with Crippen molar-refractivity contribution in [2.75, 3.05) is 33.0 Å². The monoisotopic (exact) mass is 363 g/mol. The molecule has 0 atom stereocenters. The van der Waals surface area contributed by atoms with E-state index >= 15 is 0 Å². The van der Waals surface area contributed by atoms with E-state index in [0.29, 0.717) is 30.6 Å². The number of thiazole rings is 1. The van der Waals surface area contributed by atoms with Crippen LogP contribution in [0.5, 0.6) is 0 Å². The second-order valence-electron chi connectivity index (χ2n) is 5.28. The maximum absolute atomic E-state index is 13.6. The van der Waals surface area contributed by atoms with Gasteiger partial charge in [-0.15, -0.1) is 11.3 Å². The molecule has 0 spiro atoms. The summed E-state index contributed by atoms with van der Waals surface area (Å²) in [6.07, 6.45) is -4.63. The fourth-order valence-electron chi connectivity index (χ4n) is 2.16. The highest BCUT2D eigenvalue weighted by molar-refractivity contribution is 7.15. The van der Waals surface area contributed by atoms with E-state index in [9.17, 15) is 17.6 Å². The molecule has 24 heavy (non-hydrogen) atoms. The molecular formula is C15H17F4N3OS. The van der Waals surface area contributed by atoms with Crippen molar-refractivity contribution in [1.29, 1.82) is 0 Å². The first kappa shape index (κ1) is 18.6. The lowest BCUT2D eigenvalue weighted by molar-refractivity contribution is -0.137. The lowest BCUT2D eigenvalue weighted by atomic mass is 10.1. The molecule has 0 amide bonds. The van der Waals surface area contributed by atoms with Crippen molar-refractivity contribution in [1.82, 2.24) is 9.88 Å². The Bertz CT molecular complexity index is 703. The van der Waals surface area contributed by atoms with Gasteiger partial charge in [-0.05, 0) is 25.2 Å². The summed E-state index contributed by atoms with van der Waals surface area (Å²) in [5.41, 5.74) is 4.98. The maximum Gasteiger partial charge on any atom is 0.416 e. The SMILES string of the molecule is COCCN(C)Cc1sc(N)nc1-c1cc(F)cc(C(F)(F)F)c1. The fraction of sp³-hybridized carbons (Fsp3) is 0.400. The number of ether oxygens (including phenoxy) is 1. The third-order valence-corrected chi connectivity index (χ3v) is 4.17. The van der Waals surface area contributed by atoms with Crippen molar-refractivity contribution in [2.24, 2.45) is 0 Å². The quantitative estimate of drug-likeness (QED) is 0.797. The Morgan fingerprint density at radius 3 is 2.62 bits per heavy atom. The normalized spacial score (nSPS) is 12.1. The zero-order chi connectivity index (χ0) is 17.9. The molecule has 2 aromatic rings. The van der Waals surface area contributed by atoms with E-state index < -0.39 is 17.6 Å². The molecule has 0 bridgehead atoms. The highest BCUT2D eigenvalue weighted by Gasteiger charge is 2.32. The Balaban J connectivity index is 2.37. The van der Waals surface area contributed by atoms with E-state index in [1.54, 1.807) is 7.11 Å². The smallest absolute Gasteiger partial charge is 0.383 e. The number of anilines is 1. The van der Waals surface area contributed by atoms with E-state index in [1.807, 2.05) is 11.9 Å². The molecule has 0 unspecified atom stereocenters. The lowest BCUT2D eigenvalue weighted by Gasteiger charge is -2.16. The van der Waals surface area contributed by atoms with Gasteiger partial charge in [0.15, 0.2) is 5.13 Å². The summed E-state index contributed by atoms with van der Waals surface area (Å²) in [5, 5.41) is 0.220. The van der Waals surface area contributed by atoms with Crippen molar-refractivity contribution in [2.45, 2.75) is 12.7 Å². The summed E-state index contributed by atoms with van der Waals surface area (Å²) >= 11 is 1.17. The number of halogens is 4. The van der Waals surface area contributed by atoms with E-state index in [2.05, 4.69) is 4.98 Å². The Hall–Kier alpha value is -1.71.